The third kappa shape index (κ3) is 5.91. The van der Waals surface area contributed by atoms with Gasteiger partial charge in [0.1, 0.15) is 23.1 Å². The number of aliphatic hydroxyl groups is 1. The van der Waals surface area contributed by atoms with Crippen LogP contribution in [0.1, 0.15) is 53.4 Å². The second-order valence-electron chi connectivity index (χ2n) is 11.8. The number of rotatable bonds is 8. The molecule has 3 aromatic rings. The summed E-state index contributed by atoms with van der Waals surface area (Å²) < 4.78 is 23.0. The second kappa shape index (κ2) is 10.6. The molecule has 2 unspecified atom stereocenters. The number of aryl methyl sites for hydroxylation is 1. The Balaban J connectivity index is 1.42. The molecule has 2 aromatic heterocycles. The molecule has 4 heterocycles. The lowest BCUT2D eigenvalue weighted by Gasteiger charge is -2.47. The number of benzene rings is 1. The molecule has 12 nitrogen and oxygen atoms in total. The first-order chi connectivity index (χ1) is 18.8. The molecular formula is C26H35ClFN9O3. The number of halogens is 2. The number of fused-ring (bicyclic) bond motifs is 1. The van der Waals surface area contributed by atoms with Gasteiger partial charge < -0.3 is 20.5 Å². The molecule has 216 valence electrons. The van der Waals surface area contributed by atoms with Crippen molar-refractivity contribution in [1.29, 1.82) is 0 Å². The highest BCUT2D eigenvalue weighted by Gasteiger charge is 2.43. The Labute approximate surface area is 236 Å². The van der Waals surface area contributed by atoms with Crippen LogP contribution in [-0.2, 0) is 7.05 Å². The molecule has 0 saturated carbocycles. The van der Waals surface area contributed by atoms with Gasteiger partial charge in [0.05, 0.1) is 17.5 Å². The van der Waals surface area contributed by atoms with Crippen LogP contribution in [0, 0.1) is 5.82 Å². The van der Waals surface area contributed by atoms with E-state index in [4.69, 9.17) is 16.3 Å². The number of hydrogen-bond donors (Lipinski definition) is 3. The maximum absolute atomic E-state index is 15.3. The molecule has 2 saturated heterocycles. The molecule has 0 amide bonds. The van der Waals surface area contributed by atoms with E-state index in [0.717, 1.165) is 34.8 Å². The van der Waals surface area contributed by atoms with Crippen LogP contribution in [0.3, 0.4) is 0 Å². The molecule has 2 atom stereocenters. The van der Waals surface area contributed by atoms with Crippen LogP contribution in [0.2, 0.25) is 5.02 Å². The fourth-order valence-corrected chi connectivity index (χ4v) is 5.75. The maximum atomic E-state index is 15.3. The first-order valence-corrected chi connectivity index (χ1v) is 13.7. The first kappa shape index (κ1) is 28.2. The molecule has 0 radical (unpaired) electrons. The minimum absolute atomic E-state index is 0.00743. The number of tetrazole rings is 1. The smallest absolute Gasteiger partial charge is 0.368 e. The quantitative estimate of drug-likeness (QED) is 0.367. The van der Waals surface area contributed by atoms with E-state index in [0.29, 0.717) is 16.9 Å². The Bertz CT molecular complexity index is 1450. The first-order valence-electron chi connectivity index (χ1n) is 13.3. The maximum Gasteiger partial charge on any atom is 0.368 e. The Morgan fingerprint density at radius 3 is 2.77 bits per heavy atom. The summed E-state index contributed by atoms with van der Waals surface area (Å²) in [6.45, 7) is 8.62. The molecule has 2 aliphatic rings. The van der Waals surface area contributed by atoms with Crippen LogP contribution in [0.5, 0.6) is 5.75 Å². The van der Waals surface area contributed by atoms with Gasteiger partial charge in [-0.05, 0) is 76.4 Å². The average Bonchev–Trinajstić information content (AvgIpc) is 3.48. The van der Waals surface area contributed by atoms with Gasteiger partial charge in [-0.3, -0.25) is 4.90 Å². The number of nitrogens with one attached hydrogen (secondary N) is 2. The van der Waals surface area contributed by atoms with E-state index in [1.54, 1.807) is 13.8 Å². The highest BCUT2D eigenvalue weighted by molar-refractivity contribution is 6.32. The summed E-state index contributed by atoms with van der Waals surface area (Å²) in [5, 5.41) is 24.4. The van der Waals surface area contributed by atoms with Crippen molar-refractivity contribution >= 4 is 29.1 Å². The molecule has 0 spiro atoms. The molecule has 0 aliphatic carbocycles. The lowest BCUT2D eigenvalue weighted by Crippen LogP contribution is -2.55. The zero-order valence-corrected chi connectivity index (χ0v) is 24.0. The van der Waals surface area contributed by atoms with Gasteiger partial charge in [-0.1, -0.05) is 11.6 Å². The Morgan fingerprint density at radius 1 is 1.30 bits per heavy atom. The van der Waals surface area contributed by atoms with Crippen molar-refractivity contribution in [3.8, 4) is 11.4 Å². The highest BCUT2D eigenvalue weighted by Crippen LogP contribution is 2.39. The monoisotopic (exact) mass is 575 g/mol. The number of ether oxygens (including phenoxy) is 1. The molecule has 5 rings (SSSR count). The van der Waals surface area contributed by atoms with Gasteiger partial charge in [-0.25, -0.2) is 14.2 Å². The molecule has 1 aromatic carbocycles. The van der Waals surface area contributed by atoms with Crippen molar-refractivity contribution in [2.24, 2.45) is 7.05 Å². The lowest BCUT2D eigenvalue weighted by molar-refractivity contribution is 0.0283. The van der Waals surface area contributed by atoms with Crippen LogP contribution in [-0.4, -0.2) is 76.1 Å². The normalized spacial score (nSPS) is 20.8. The zero-order chi connectivity index (χ0) is 28.8. The summed E-state index contributed by atoms with van der Waals surface area (Å²) in [7, 11) is 1.44. The van der Waals surface area contributed by atoms with Crippen LogP contribution in [0.25, 0.3) is 5.69 Å². The van der Waals surface area contributed by atoms with E-state index in [1.807, 2.05) is 0 Å². The van der Waals surface area contributed by atoms with E-state index in [9.17, 15) is 9.90 Å². The van der Waals surface area contributed by atoms with Gasteiger partial charge in [-0.15, -0.1) is 0 Å². The lowest BCUT2D eigenvalue weighted by atomic mass is 9.84. The SMILES string of the molecule is Cn1nnn(-c2cc(Nc3ncc(Cl)c(NC4CC5CCCN5C(C)(C)C4)n3)c(F)cc2OCC(C)(C)O)c1=O. The predicted molar refractivity (Wildman–Crippen MR) is 149 cm³/mol. The molecule has 2 fully saturated rings. The van der Waals surface area contributed by atoms with E-state index < -0.39 is 17.1 Å². The summed E-state index contributed by atoms with van der Waals surface area (Å²) in [6, 6.07) is 3.16. The van der Waals surface area contributed by atoms with Gasteiger partial charge in [0, 0.05) is 30.7 Å². The number of hydrogen-bond acceptors (Lipinski definition) is 10. The topological polar surface area (TPSA) is 135 Å². The number of piperidine rings is 1. The van der Waals surface area contributed by atoms with Crippen LogP contribution >= 0.6 is 11.6 Å². The highest BCUT2D eigenvalue weighted by atomic mass is 35.5. The fraction of sp³-hybridized carbons (Fsp3) is 0.577. The third-order valence-electron chi connectivity index (χ3n) is 7.37. The van der Waals surface area contributed by atoms with E-state index >= 15 is 4.39 Å². The van der Waals surface area contributed by atoms with Gasteiger partial charge in [0.2, 0.25) is 5.95 Å². The summed E-state index contributed by atoms with van der Waals surface area (Å²) >= 11 is 6.46. The van der Waals surface area contributed by atoms with Crippen molar-refractivity contribution in [2.45, 2.75) is 76.6 Å². The minimum atomic E-state index is -1.19. The molecule has 2 aliphatic heterocycles. The third-order valence-corrected chi connectivity index (χ3v) is 7.64. The second-order valence-corrected chi connectivity index (χ2v) is 12.2. The molecule has 40 heavy (non-hydrogen) atoms. The van der Waals surface area contributed by atoms with E-state index in [1.165, 1.54) is 32.2 Å². The predicted octanol–water partition coefficient (Wildman–Crippen LogP) is 3.26. The van der Waals surface area contributed by atoms with E-state index in [-0.39, 0.29) is 41.3 Å². The van der Waals surface area contributed by atoms with Gasteiger partial charge in [0.15, 0.2) is 11.6 Å². The van der Waals surface area contributed by atoms with Crippen molar-refractivity contribution < 1.29 is 14.2 Å². The molecular weight excluding hydrogens is 541 g/mol. The van der Waals surface area contributed by atoms with Crippen LogP contribution in [0.4, 0.5) is 21.8 Å². The largest absolute Gasteiger partial charge is 0.488 e. The van der Waals surface area contributed by atoms with Gasteiger partial charge in [0.25, 0.3) is 0 Å². The summed E-state index contributed by atoms with van der Waals surface area (Å²) in [5.41, 5.74) is -1.58. The number of anilines is 3. The fourth-order valence-electron chi connectivity index (χ4n) is 5.60. The summed E-state index contributed by atoms with van der Waals surface area (Å²) in [6.07, 6.45) is 5.77. The standard InChI is InChI=1S/C26H35ClFN9O3/c1-25(2)12-15(9-16-7-6-8-36(16)25)30-22-17(27)13-29-23(32-22)31-19-11-20(37-24(38)35(5)33-34-37)21(10-18(19)28)40-14-26(3,4)39/h10-11,13,15-16,39H,6-9,12,14H2,1-5H3,(H2,29,30,31,32). The van der Waals surface area contributed by atoms with Crippen molar-refractivity contribution in [1.82, 2.24) is 34.7 Å². The average molecular weight is 576 g/mol. The zero-order valence-electron chi connectivity index (χ0n) is 23.3. The summed E-state index contributed by atoms with van der Waals surface area (Å²) in [5.74, 6) is -0.101. The molecule has 14 heteroatoms. The minimum Gasteiger partial charge on any atom is -0.488 e. The molecule has 3 N–H and O–H groups in total. The number of nitrogens with zero attached hydrogens (tertiary/aromatic N) is 7. The van der Waals surface area contributed by atoms with Crippen LogP contribution < -0.4 is 21.1 Å². The summed E-state index contributed by atoms with van der Waals surface area (Å²) in [4.78, 5) is 24.0. The Morgan fingerprint density at radius 2 is 2.08 bits per heavy atom. The van der Waals surface area contributed by atoms with Gasteiger partial charge in [-0.2, -0.15) is 14.3 Å². The van der Waals surface area contributed by atoms with Gasteiger partial charge >= 0.3 is 5.69 Å². The van der Waals surface area contributed by atoms with Crippen molar-refractivity contribution in [3.05, 3.63) is 39.7 Å². The Kier molecular flexibility index (Phi) is 7.48. The van der Waals surface area contributed by atoms with Crippen molar-refractivity contribution in [3.63, 3.8) is 0 Å². The molecule has 0 bridgehead atoms. The van der Waals surface area contributed by atoms with Crippen LogP contribution in [0.15, 0.2) is 23.1 Å². The number of aromatic nitrogens is 6. The van der Waals surface area contributed by atoms with E-state index in [2.05, 4.69) is 49.8 Å². The van der Waals surface area contributed by atoms with Crippen molar-refractivity contribution in [2.75, 3.05) is 23.8 Å². The Hall–Kier alpha value is -3.29.